The molecule has 1 rings (SSSR count). The molecule has 136 valence electrons. The summed E-state index contributed by atoms with van der Waals surface area (Å²) in [6, 6.07) is 0. The van der Waals surface area contributed by atoms with Gasteiger partial charge in [0.2, 0.25) is 5.71 Å². The van der Waals surface area contributed by atoms with Gasteiger partial charge in [0.1, 0.15) is 11.8 Å². The Kier molecular flexibility index (Phi) is 7.12. The molecule has 0 fully saturated rings. The number of aromatic nitrogens is 1. The fourth-order valence-electron chi connectivity index (χ4n) is 1.54. The molecule has 6 nitrogen and oxygen atoms in total. The number of nitrogens with zero attached hydrogens (tertiary/aromatic N) is 2. The van der Waals surface area contributed by atoms with Crippen molar-refractivity contribution in [2.45, 2.75) is 65.3 Å². The molecular weight excluding hydrogens is 344 g/mol. The van der Waals surface area contributed by atoms with Crippen LogP contribution in [0.3, 0.4) is 0 Å². The summed E-state index contributed by atoms with van der Waals surface area (Å²) in [6.07, 6.45) is 0.398. The average molecular weight is 373 g/mol. The van der Waals surface area contributed by atoms with Gasteiger partial charge >= 0.3 is 5.97 Å². The van der Waals surface area contributed by atoms with Crippen molar-refractivity contribution in [1.82, 2.24) is 4.98 Å². The molecule has 0 radical (unpaired) electrons. The minimum absolute atomic E-state index is 0.110. The molecule has 24 heavy (non-hydrogen) atoms. The molecule has 8 heteroatoms. The quantitative estimate of drug-likeness (QED) is 0.423. The zero-order chi connectivity index (χ0) is 18.5. The van der Waals surface area contributed by atoms with Gasteiger partial charge in [-0.2, -0.15) is 0 Å². The van der Waals surface area contributed by atoms with Crippen LogP contribution < -0.4 is 0 Å². The molecule has 0 aliphatic rings. The largest absolute Gasteiger partial charge is 0.476 e. The molecule has 0 aliphatic heterocycles. The van der Waals surface area contributed by atoms with Gasteiger partial charge in [0, 0.05) is 5.38 Å². The van der Waals surface area contributed by atoms with Crippen molar-refractivity contribution in [3.8, 4) is 0 Å². The van der Waals surface area contributed by atoms with Crippen molar-refractivity contribution >= 4 is 31.3 Å². The van der Waals surface area contributed by atoms with Crippen molar-refractivity contribution in [3.05, 3.63) is 16.1 Å². The number of oxime groups is 1. The maximum Gasteiger partial charge on any atom is 0.360 e. The lowest BCUT2D eigenvalue weighted by atomic mass is 10.2. The SMILES string of the molecule is CCC(CO[Si](C)(C)C(C)(C)C)O/N=C(\C(=O)O)c1csc(C)n1. The zero-order valence-corrected chi connectivity index (χ0v) is 17.4. The van der Waals surface area contributed by atoms with Crippen molar-refractivity contribution in [1.29, 1.82) is 0 Å². The van der Waals surface area contributed by atoms with Crippen LogP contribution >= 0.6 is 11.3 Å². The van der Waals surface area contributed by atoms with Crippen LogP contribution in [0.25, 0.3) is 0 Å². The van der Waals surface area contributed by atoms with E-state index in [0.717, 1.165) is 5.01 Å². The molecule has 1 atom stereocenters. The number of rotatable bonds is 8. The van der Waals surface area contributed by atoms with Gasteiger partial charge in [-0.15, -0.1) is 11.3 Å². The van der Waals surface area contributed by atoms with Crippen LogP contribution in [0.5, 0.6) is 0 Å². The number of carboxylic acids is 1. The summed E-state index contributed by atoms with van der Waals surface area (Å²) < 4.78 is 6.13. The Balaban J connectivity index is 2.78. The first kappa shape index (κ1) is 20.8. The summed E-state index contributed by atoms with van der Waals surface area (Å²) in [7, 11) is -1.88. The van der Waals surface area contributed by atoms with Crippen molar-refractivity contribution in [2.24, 2.45) is 5.16 Å². The van der Waals surface area contributed by atoms with E-state index in [0.29, 0.717) is 18.7 Å². The lowest BCUT2D eigenvalue weighted by Gasteiger charge is -2.36. The predicted octanol–water partition coefficient (Wildman–Crippen LogP) is 4.06. The number of hydrogen-bond acceptors (Lipinski definition) is 6. The van der Waals surface area contributed by atoms with Gasteiger partial charge in [0.05, 0.1) is 11.6 Å². The lowest BCUT2D eigenvalue weighted by molar-refractivity contribution is -0.129. The lowest BCUT2D eigenvalue weighted by Crippen LogP contribution is -2.42. The highest BCUT2D eigenvalue weighted by atomic mass is 32.1. The molecular formula is C16H28N2O4SSi. The molecule has 1 unspecified atom stereocenters. The van der Waals surface area contributed by atoms with Crippen LogP contribution in [-0.2, 0) is 14.1 Å². The summed E-state index contributed by atoms with van der Waals surface area (Å²) >= 11 is 1.38. The highest BCUT2D eigenvalue weighted by Crippen LogP contribution is 2.36. The molecule has 1 aromatic heterocycles. The Morgan fingerprint density at radius 3 is 2.50 bits per heavy atom. The van der Waals surface area contributed by atoms with Gasteiger partial charge in [-0.1, -0.05) is 32.9 Å². The molecule has 1 aromatic rings. The van der Waals surface area contributed by atoms with E-state index in [-0.39, 0.29) is 16.9 Å². The second-order valence-corrected chi connectivity index (χ2v) is 13.1. The molecule has 0 aromatic carbocycles. The topological polar surface area (TPSA) is 81.0 Å². The van der Waals surface area contributed by atoms with E-state index in [9.17, 15) is 9.90 Å². The van der Waals surface area contributed by atoms with E-state index in [2.05, 4.69) is 44.0 Å². The second-order valence-electron chi connectivity index (χ2n) is 7.20. The Morgan fingerprint density at radius 1 is 1.46 bits per heavy atom. The number of aryl methyl sites for hydroxylation is 1. The molecule has 0 amide bonds. The minimum Gasteiger partial charge on any atom is -0.476 e. The van der Waals surface area contributed by atoms with E-state index in [1.807, 2.05) is 13.8 Å². The van der Waals surface area contributed by atoms with Crippen LogP contribution in [0.2, 0.25) is 18.1 Å². The van der Waals surface area contributed by atoms with Gasteiger partial charge < -0.3 is 14.4 Å². The third kappa shape index (κ3) is 5.68. The maximum atomic E-state index is 11.4. The Bertz CT molecular complexity index is 593. The van der Waals surface area contributed by atoms with Gasteiger partial charge in [-0.3, -0.25) is 0 Å². The van der Waals surface area contributed by atoms with Crippen molar-refractivity contribution in [3.63, 3.8) is 0 Å². The molecule has 0 aliphatic carbocycles. The molecule has 0 bridgehead atoms. The molecule has 0 saturated carbocycles. The number of carbonyl (C=O) groups is 1. The van der Waals surface area contributed by atoms with Gasteiger partial charge in [0.25, 0.3) is 0 Å². The van der Waals surface area contributed by atoms with E-state index < -0.39 is 14.3 Å². The fraction of sp³-hybridized carbons (Fsp3) is 0.688. The standard InChI is InChI=1S/C16H28N2O4SSi/c1-8-12(9-21-24(6,7)16(3,4)5)22-18-14(15(19)20)13-10-23-11(2)17-13/h10,12H,8-9H2,1-7H3,(H,19,20)/b18-14-. The van der Waals surface area contributed by atoms with Crippen LogP contribution in [0.1, 0.15) is 44.8 Å². The molecule has 0 saturated heterocycles. The summed E-state index contributed by atoms with van der Waals surface area (Å²) in [5.74, 6) is -1.15. The van der Waals surface area contributed by atoms with Crippen LogP contribution in [0, 0.1) is 6.92 Å². The normalized spacial score (nSPS) is 14.5. The highest BCUT2D eigenvalue weighted by Gasteiger charge is 2.37. The predicted molar refractivity (Wildman–Crippen MR) is 99.3 cm³/mol. The molecule has 0 spiro atoms. The smallest absolute Gasteiger partial charge is 0.360 e. The second kappa shape index (κ2) is 8.22. The minimum atomic E-state index is -1.88. The van der Waals surface area contributed by atoms with E-state index in [1.165, 1.54) is 11.3 Å². The van der Waals surface area contributed by atoms with E-state index in [1.54, 1.807) is 5.38 Å². The van der Waals surface area contributed by atoms with Crippen molar-refractivity contribution in [2.75, 3.05) is 6.61 Å². The summed E-state index contributed by atoms with van der Waals surface area (Å²) in [6.45, 7) is 15.0. The number of thiazole rings is 1. The first-order chi connectivity index (χ1) is 11.0. The van der Waals surface area contributed by atoms with Crippen LogP contribution in [0.15, 0.2) is 10.5 Å². The first-order valence-corrected chi connectivity index (χ1v) is 11.8. The third-order valence-electron chi connectivity index (χ3n) is 4.25. The summed E-state index contributed by atoms with van der Waals surface area (Å²) in [5, 5.41) is 15.7. The Hall–Kier alpha value is -1.25. The van der Waals surface area contributed by atoms with E-state index >= 15 is 0 Å². The molecule has 1 N–H and O–H groups in total. The third-order valence-corrected chi connectivity index (χ3v) is 9.52. The van der Waals surface area contributed by atoms with E-state index in [4.69, 9.17) is 9.26 Å². The Morgan fingerprint density at radius 2 is 2.08 bits per heavy atom. The van der Waals surface area contributed by atoms with Crippen LogP contribution in [-0.4, -0.2) is 42.8 Å². The number of aliphatic carboxylic acids is 1. The van der Waals surface area contributed by atoms with Gasteiger partial charge in [0.15, 0.2) is 8.32 Å². The monoisotopic (exact) mass is 372 g/mol. The van der Waals surface area contributed by atoms with Crippen molar-refractivity contribution < 1.29 is 19.2 Å². The zero-order valence-electron chi connectivity index (χ0n) is 15.5. The highest BCUT2D eigenvalue weighted by molar-refractivity contribution is 7.09. The number of hydrogen-bond donors (Lipinski definition) is 1. The Labute approximate surface area is 149 Å². The summed E-state index contributed by atoms with van der Waals surface area (Å²) in [4.78, 5) is 21.0. The maximum absolute atomic E-state index is 11.4. The van der Waals surface area contributed by atoms with Gasteiger partial charge in [-0.05, 0) is 31.5 Å². The number of carboxylic acid groups (broad SMARTS) is 1. The fourth-order valence-corrected chi connectivity index (χ4v) is 3.17. The molecule has 1 heterocycles. The van der Waals surface area contributed by atoms with Crippen LogP contribution in [0.4, 0.5) is 0 Å². The van der Waals surface area contributed by atoms with Gasteiger partial charge in [-0.25, -0.2) is 9.78 Å². The summed E-state index contributed by atoms with van der Waals surface area (Å²) in [5.41, 5.74) is 0.148. The average Bonchev–Trinajstić information content (AvgIpc) is 2.87. The first-order valence-electron chi connectivity index (χ1n) is 8.01.